The van der Waals surface area contributed by atoms with Gasteiger partial charge in [0.2, 0.25) is 5.95 Å². The zero-order valence-corrected chi connectivity index (χ0v) is 23.6. The van der Waals surface area contributed by atoms with Gasteiger partial charge < -0.3 is 24.5 Å². The summed E-state index contributed by atoms with van der Waals surface area (Å²) in [5.41, 5.74) is 3.85. The smallest absolute Gasteiger partial charge is 0.407 e. The van der Waals surface area contributed by atoms with Gasteiger partial charge in [-0.3, -0.25) is 13.8 Å². The van der Waals surface area contributed by atoms with E-state index in [0.29, 0.717) is 51.9 Å². The van der Waals surface area contributed by atoms with Crippen molar-refractivity contribution in [1.29, 1.82) is 0 Å². The summed E-state index contributed by atoms with van der Waals surface area (Å²) in [6.07, 6.45) is 2.91. The van der Waals surface area contributed by atoms with Crippen molar-refractivity contribution in [2.24, 2.45) is 14.1 Å². The first-order valence-electron chi connectivity index (χ1n) is 13.8. The zero-order chi connectivity index (χ0) is 29.3. The molecule has 4 bridgehead atoms. The van der Waals surface area contributed by atoms with E-state index in [2.05, 4.69) is 20.4 Å². The van der Waals surface area contributed by atoms with Crippen molar-refractivity contribution >= 4 is 28.2 Å². The van der Waals surface area contributed by atoms with Gasteiger partial charge in [0.15, 0.2) is 0 Å². The number of pyridine rings is 1. The third kappa shape index (κ3) is 4.06. The van der Waals surface area contributed by atoms with Crippen molar-refractivity contribution in [3.8, 4) is 28.1 Å². The molecule has 4 atom stereocenters. The molecular formula is C29H30FN7O5. The number of methoxy groups -OCH3 is 1. The number of carbonyl (C=O) groups excluding carboxylic acids is 1. The minimum Gasteiger partial charge on any atom is -0.491 e. The number of hydrogen-bond acceptors (Lipinski definition) is 7. The highest BCUT2D eigenvalue weighted by molar-refractivity contribution is 6.14. The lowest BCUT2D eigenvalue weighted by atomic mass is 9.99. The number of ether oxygens (including phenoxy) is 3. The van der Waals surface area contributed by atoms with Crippen LogP contribution in [-0.2, 0) is 23.6 Å². The number of H-pyrrole nitrogens is 1. The lowest BCUT2D eigenvalue weighted by molar-refractivity contribution is -0.0322. The number of nitrogens with zero attached hydrogens (tertiary/aromatic N) is 5. The summed E-state index contributed by atoms with van der Waals surface area (Å²) in [6, 6.07) is 6.80. The number of halogens is 1. The predicted octanol–water partition coefficient (Wildman–Crippen LogP) is 3.65. The fraction of sp³-hybridized carbons (Fsp3) is 0.379. The summed E-state index contributed by atoms with van der Waals surface area (Å²) in [7, 11) is 4.68. The molecule has 3 aliphatic rings. The summed E-state index contributed by atoms with van der Waals surface area (Å²) in [5.74, 6) is 0.0193. The van der Waals surface area contributed by atoms with Crippen LogP contribution in [0.2, 0.25) is 0 Å². The standard InChI is InChI=1S/C29H30FN7O5/c1-14-13-41-17-7-5-15(6-8-17)22-23-25-20(11-31-27(23)33-24(22)18-12-35(2)34-26(18)30)36(3)29(39)37(25)16-9-19(21(10-16)42-14)32-28(38)40-4/h5-8,11-12,14,16,19,21H,9-10,13H2,1-4H3,(H,31,33)(H,32,38)/t14-,16-,19-,21-/m0/s1. The van der Waals surface area contributed by atoms with Gasteiger partial charge in [-0.05, 0) is 37.5 Å². The summed E-state index contributed by atoms with van der Waals surface area (Å²) >= 11 is 0. The van der Waals surface area contributed by atoms with Crippen LogP contribution in [0.3, 0.4) is 0 Å². The third-order valence-corrected chi connectivity index (χ3v) is 8.29. The fourth-order valence-corrected chi connectivity index (χ4v) is 6.40. The highest BCUT2D eigenvalue weighted by atomic mass is 19.1. The molecule has 8 rings (SSSR count). The molecule has 0 saturated heterocycles. The van der Waals surface area contributed by atoms with Crippen LogP contribution < -0.4 is 15.7 Å². The molecule has 2 N–H and O–H groups in total. The van der Waals surface area contributed by atoms with Crippen LogP contribution in [0.4, 0.5) is 9.18 Å². The van der Waals surface area contributed by atoms with E-state index < -0.39 is 24.2 Å². The van der Waals surface area contributed by atoms with Crippen molar-refractivity contribution in [2.75, 3.05) is 13.7 Å². The summed E-state index contributed by atoms with van der Waals surface area (Å²) < 4.78 is 37.2. The number of alkyl carbamates (subject to hydrolysis) is 1. The Bertz CT molecular complexity index is 1900. The van der Waals surface area contributed by atoms with Crippen LogP contribution in [0.1, 0.15) is 25.8 Å². The fourth-order valence-electron chi connectivity index (χ4n) is 6.40. The van der Waals surface area contributed by atoms with Gasteiger partial charge >= 0.3 is 11.8 Å². The molecule has 0 radical (unpaired) electrons. The number of rotatable bonds is 2. The Morgan fingerprint density at radius 3 is 2.71 bits per heavy atom. The van der Waals surface area contributed by atoms with Crippen molar-refractivity contribution in [3.63, 3.8) is 0 Å². The minimum absolute atomic E-state index is 0.223. The molecule has 1 saturated carbocycles. The lowest BCUT2D eigenvalue weighted by Crippen LogP contribution is -2.42. The molecule has 2 aliphatic heterocycles. The summed E-state index contributed by atoms with van der Waals surface area (Å²) in [4.78, 5) is 34.2. The Morgan fingerprint density at radius 2 is 2.00 bits per heavy atom. The van der Waals surface area contributed by atoms with E-state index in [1.54, 1.807) is 35.6 Å². The van der Waals surface area contributed by atoms with Crippen LogP contribution in [0, 0.1) is 5.95 Å². The van der Waals surface area contributed by atoms with E-state index in [0.717, 1.165) is 5.56 Å². The van der Waals surface area contributed by atoms with Crippen LogP contribution >= 0.6 is 0 Å². The normalized spacial score (nSPS) is 21.9. The Hall–Kier alpha value is -4.65. The number of aromatic amines is 1. The van der Waals surface area contributed by atoms with Crippen LogP contribution in [0.25, 0.3) is 44.5 Å². The van der Waals surface area contributed by atoms with E-state index in [4.69, 9.17) is 14.2 Å². The van der Waals surface area contributed by atoms with Gasteiger partial charge in [-0.2, -0.15) is 4.39 Å². The Morgan fingerprint density at radius 1 is 1.21 bits per heavy atom. The maximum absolute atomic E-state index is 15.1. The molecule has 1 fully saturated rings. The van der Waals surface area contributed by atoms with E-state index in [9.17, 15) is 9.59 Å². The van der Waals surface area contributed by atoms with E-state index in [1.165, 1.54) is 11.8 Å². The second-order valence-electron chi connectivity index (χ2n) is 11.0. The number of imidazole rings is 1. The van der Waals surface area contributed by atoms with E-state index in [1.807, 2.05) is 31.2 Å². The number of amides is 1. The second-order valence-corrected chi connectivity index (χ2v) is 11.0. The average Bonchev–Trinajstić information content (AvgIpc) is 3.70. The number of hydrogen-bond donors (Lipinski definition) is 2. The second kappa shape index (κ2) is 9.72. The maximum atomic E-state index is 15.1. The summed E-state index contributed by atoms with van der Waals surface area (Å²) in [6.45, 7) is 2.19. The topological polar surface area (TPSA) is 130 Å². The first-order chi connectivity index (χ1) is 20.2. The number of carbonyl (C=O) groups is 1. The van der Waals surface area contributed by atoms with Crippen molar-refractivity contribution in [1.82, 2.24) is 34.2 Å². The SMILES string of the molecule is COC(=O)N[C@H]1C[C@H]2C[C@@H]1O[C@@H](C)COc1ccc(cc1)-c1c(-c3cn(C)nc3F)[nH]c3ncc4c(c13)n2c(=O)n4C. The highest BCUT2D eigenvalue weighted by Crippen LogP contribution is 2.43. The Balaban J connectivity index is 1.54. The van der Waals surface area contributed by atoms with Crippen molar-refractivity contribution in [3.05, 3.63) is 53.1 Å². The van der Waals surface area contributed by atoms with Crippen molar-refractivity contribution in [2.45, 2.75) is 44.1 Å². The van der Waals surface area contributed by atoms with E-state index >= 15 is 4.39 Å². The Labute approximate surface area is 239 Å². The largest absolute Gasteiger partial charge is 0.491 e. The molecule has 0 unspecified atom stereocenters. The van der Waals surface area contributed by atoms with Gasteiger partial charge in [0.05, 0.1) is 59.2 Å². The predicted molar refractivity (Wildman–Crippen MR) is 152 cm³/mol. The number of nitrogens with one attached hydrogen (secondary N) is 2. The number of aromatic nitrogens is 6. The molecule has 5 aromatic rings. The molecule has 4 aromatic heterocycles. The quantitative estimate of drug-likeness (QED) is 0.329. The monoisotopic (exact) mass is 575 g/mol. The molecule has 218 valence electrons. The molecule has 12 nitrogen and oxygen atoms in total. The highest BCUT2D eigenvalue weighted by Gasteiger charge is 2.40. The van der Waals surface area contributed by atoms with Crippen LogP contribution in [-0.4, -0.2) is 66.9 Å². The molecular weight excluding hydrogens is 545 g/mol. The first-order valence-corrected chi connectivity index (χ1v) is 13.8. The maximum Gasteiger partial charge on any atom is 0.407 e. The van der Waals surface area contributed by atoms with Crippen LogP contribution in [0.5, 0.6) is 5.75 Å². The number of aryl methyl sites for hydroxylation is 2. The van der Waals surface area contributed by atoms with Gasteiger partial charge in [0, 0.05) is 31.9 Å². The Kier molecular flexibility index (Phi) is 6.08. The molecule has 42 heavy (non-hydrogen) atoms. The van der Waals surface area contributed by atoms with Gasteiger partial charge in [0.1, 0.15) is 18.0 Å². The molecule has 1 aromatic carbocycles. The number of fused-ring (bicyclic) bond motifs is 5. The van der Waals surface area contributed by atoms with Gasteiger partial charge in [0.25, 0.3) is 0 Å². The molecule has 13 heteroatoms. The number of benzene rings is 1. The minimum atomic E-state index is -0.626. The van der Waals surface area contributed by atoms with Gasteiger partial charge in [-0.15, -0.1) is 5.10 Å². The van der Waals surface area contributed by atoms with Crippen LogP contribution in [0.15, 0.2) is 41.5 Å². The molecule has 1 amide bonds. The average molecular weight is 576 g/mol. The molecule has 0 spiro atoms. The summed E-state index contributed by atoms with van der Waals surface area (Å²) in [5, 5.41) is 7.50. The van der Waals surface area contributed by atoms with Gasteiger partial charge in [-0.25, -0.2) is 14.6 Å². The van der Waals surface area contributed by atoms with Gasteiger partial charge in [-0.1, -0.05) is 12.1 Å². The molecule has 1 aliphatic carbocycles. The molecule has 6 heterocycles. The lowest BCUT2D eigenvalue weighted by Gasteiger charge is -2.24. The zero-order valence-electron chi connectivity index (χ0n) is 23.6. The first kappa shape index (κ1) is 26.3. The van der Waals surface area contributed by atoms with Crippen molar-refractivity contribution < 1.29 is 23.4 Å². The van der Waals surface area contributed by atoms with E-state index in [-0.39, 0.29) is 30.0 Å². The third-order valence-electron chi connectivity index (χ3n) is 8.29.